The third kappa shape index (κ3) is 7.97. The molecule has 1 fully saturated rings. The number of halogens is 4. The Labute approximate surface area is 179 Å². The predicted molar refractivity (Wildman–Crippen MR) is 114 cm³/mol. The fourth-order valence-corrected chi connectivity index (χ4v) is 2.86. The second-order valence-corrected chi connectivity index (χ2v) is 6.29. The minimum atomic E-state index is -0.738. The monoisotopic (exact) mass is 446 g/mol. The maximum atomic E-state index is 13.8. The SMILES string of the molecule is COCC(N)C(=O)NC(C)c1cc(F)ccc1N1CCN(C)CC1.Cl.Cl.Cl. The van der Waals surface area contributed by atoms with Gasteiger partial charge in [0, 0.05) is 44.5 Å². The van der Waals surface area contributed by atoms with Gasteiger partial charge in [0.05, 0.1) is 12.6 Å². The predicted octanol–water partition coefficient (Wildman–Crippen LogP) is 1.99. The van der Waals surface area contributed by atoms with E-state index in [4.69, 9.17) is 10.5 Å². The number of methoxy groups -OCH3 is 1. The van der Waals surface area contributed by atoms with Crippen LogP contribution in [0.4, 0.5) is 10.1 Å². The van der Waals surface area contributed by atoms with Gasteiger partial charge in [0.2, 0.25) is 5.91 Å². The number of anilines is 1. The third-order valence-electron chi connectivity index (χ3n) is 4.34. The first-order valence-corrected chi connectivity index (χ1v) is 8.20. The molecule has 1 amide bonds. The minimum Gasteiger partial charge on any atom is -0.383 e. The molecule has 158 valence electrons. The van der Waals surface area contributed by atoms with E-state index in [-0.39, 0.29) is 61.6 Å². The van der Waals surface area contributed by atoms with Gasteiger partial charge in [-0.1, -0.05) is 0 Å². The average molecular weight is 448 g/mol. The normalized spacial score (nSPS) is 16.3. The number of carbonyl (C=O) groups is 1. The number of amides is 1. The number of nitrogens with two attached hydrogens (primary N) is 1. The molecule has 2 rings (SSSR count). The van der Waals surface area contributed by atoms with Crippen LogP contribution in [-0.4, -0.2) is 63.8 Å². The van der Waals surface area contributed by atoms with Crippen molar-refractivity contribution in [1.29, 1.82) is 0 Å². The summed E-state index contributed by atoms with van der Waals surface area (Å²) in [5.74, 6) is -0.622. The van der Waals surface area contributed by atoms with Crippen LogP contribution in [0.5, 0.6) is 0 Å². The highest BCUT2D eigenvalue weighted by Gasteiger charge is 2.22. The molecule has 10 heteroatoms. The first kappa shape index (κ1) is 28.4. The van der Waals surface area contributed by atoms with Gasteiger partial charge < -0.3 is 25.6 Å². The molecule has 0 aliphatic carbocycles. The van der Waals surface area contributed by atoms with Gasteiger partial charge in [0.15, 0.2) is 0 Å². The molecular formula is C17H30Cl3FN4O2. The van der Waals surface area contributed by atoms with E-state index >= 15 is 0 Å². The molecule has 0 aromatic heterocycles. The topological polar surface area (TPSA) is 70.8 Å². The first-order chi connectivity index (χ1) is 11.4. The zero-order valence-corrected chi connectivity index (χ0v) is 18.3. The van der Waals surface area contributed by atoms with Crippen molar-refractivity contribution in [3.8, 4) is 0 Å². The number of hydrogen-bond donors (Lipinski definition) is 2. The second-order valence-electron chi connectivity index (χ2n) is 6.29. The molecule has 6 nitrogen and oxygen atoms in total. The van der Waals surface area contributed by atoms with Crippen LogP contribution in [0.25, 0.3) is 0 Å². The summed E-state index contributed by atoms with van der Waals surface area (Å²) in [4.78, 5) is 16.6. The number of ether oxygens (including phenoxy) is 1. The molecule has 1 heterocycles. The van der Waals surface area contributed by atoms with Gasteiger partial charge in [-0.2, -0.15) is 0 Å². The Morgan fingerprint density at radius 3 is 2.41 bits per heavy atom. The highest BCUT2D eigenvalue weighted by Crippen LogP contribution is 2.28. The summed E-state index contributed by atoms with van der Waals surface area (Å²) in [7, 11) is 3.58. The molecule has 0 spiro atoms. The minimum absolute atomic E-state index is 0. The summed E-state index contributed by atoms with van der Waals surface area (Å²) >= 11 is 0. The Balaban J connectivity index is 0. The van der Waals surface area contributed by atoms with Gasteiger partial charge in [-0.25, -0.2) is 4.39 Å². The van der Waals surface area contributed by atoms with Gasteiger partial charge in [0.25, 0.3) is 0 Å². The molecule has 1 aromatic rings. The van der Waals surface area contributed by atoms with Crippen molar-refractivity contribution < 1.29 is 13.9 Å². The van der Waals surface area contributed by atoms with E-state index in [1.54, 1.807) is 6.07 Å². The average Bonchev–Trinajstić information content (AvgIpc) is 2.56. The van der Waals surface area contributed by atoms with E-state index < -0.39 is 6.04 Å². The van der Waals surface area contributed by atoms with Gasteiger partial charge in [0.1, 0.15) is 11.9 Å². The number of benzene rings is 1. The summed E-state index contributed by atoms with van der Waals surface area (Å²) in [6, 6.07) is 3.65. The number of rotatable bonds is 6. The van der Waals surface area contributed by atoms with Crippen molar-refractivity contribution in [1.82, 2.24) is 10.2 Å². The molecule has 2 atom stereocenters. The summed E-state index contributed by atoms with van der Waals surface area (Å²) in [6.07, 6.45) is 0. The molecule has 3 N–H and O–H groups in total. The molecule has 2 unspecified atom stereocenters. The Morgan fingerprint density at radius 1 is 1.26 bits per heavy atom. The van der Waals surface area contributed by atoms with Crippen LogP contribution in [0.3, 0.4) is 0 Å². The van der Waals surface area contributed by atoms with Gasteiger partial charge >= 0.3 is 0 Å². The first-order valence-electron chi connectivity index (χ1n) is 8.20. The molecule has 0 radical (unpaired) electrons. The molecule has 1 aliphatic heterocycles. The lowest BCUT2D eigenvalue weighted by Crippen LogP contribution is -2.46. The number of nitrogens with zero attached hydrogens (tertiary/aromatic N) is 2. The Bertz CT molecular complexity index is 575. The summed E-state index contributed by atoms with van der Waals surface area (Å²) < 4.78 is 18.7. The maximum absolute atomic E-state index is 13.8. The molecule has 1 saturated heterocycles. The molecule has 27 heavy (non-hydrogen) atoms. The van der Waals surface area contributed by atoms with Crippen molar-refractivity contribution in [2.24, 2.45) is 5.73 Å². The van der Waals surface area contributed by atoms with Crippen LogP contribution in [0.2, 0.25) is 0 Å². The van der Waals surface area contributed by atoms with Crippen molar-refractivity contribution in [3.05, 3.63) is 29.6 Å². The van der Waals surface area contributed by atoms with E-state index in [1.165, 1.54) is 19.2 Å². The summed E-state index contributed by atoms with van der Waals surface area (Å²) in [5.41, 5.74) is 7.47. The fourth-order valence-electron chi connectivity index (χ4n) is 2.86. The summed E-state index contributed by atoms with van der Waals surface area (Å²) in [6.45, 7) is 5.64. The standard InChI is InChI=1S/C17H27FN4O2.3ClH/c1-12(20-17(23)15(19)11-24-3)14-10-13(18)4-5-16(14)22-8-6-21(2)7-9-22;;;/h4-5,10,12,15H,6-9,11,19H2,1-3H3,(H,20,23);3*1H. The van der Waals surface area contributed by atoms with Crippen LogP contribution in [0, 0.1) is 5.82 Å². The second kappa shape index (κ2) is 13.4. The van der Waals surface area contributed by atoms with Crippen molar-refractivity contribution in [2.75, 3.05) is 51.8 Å². The van der Waals surface area contributed by atoms with Crippen LogP contribution < -0.4 is 16.0 Å². The highest BCUT2D eigenvalue weighted by atomic mass is 35.5. The van der Waals surface area contributed by atoms with E-state index in [9.17, 15) is 9.18 Å². The van der Waals surface area contributed by atoms with E-state index in [1.807, 2.05) is 6.92 Å². The van der Waals surface area contributed by atoms with Crippen LogP contribution in [0.15, 0.2) is 18.2 Å². The Hall–Kier alpha value is -0.830. The largest absolute Gasteiger partial charge is 0.383 e. The number of likely N-dealkylation sites (N-methyl/N-ethyl adjacent to an activating group) is 1. The zero-order chi connectivity index (χ0) is 17.7. The van der Waals surface area contributed by atoms with Gasteiger partial charge in [-0.3, -0.25) is 4.79 Å². The maximum Gasteiger partial charge on any atom is 0.239 e. The molecule has 1 aromatic carbocycles. The zero-order valence-electron chi connectivity index (χ0n) is 15.8. The van der Waals surface area contributed by atoms with Crippen LogP contribution in [-0.2, 0) is 9.53 Å². The van der Waals surface area contributed by atoms with Crippen molar-refractivity contribution in [2.45, 2.75) is 19.0 Å². The lowest BCUT2D eigenvalue weighted by molar-refractivity contribution is -0.124. The van der Waals surface area contributed by atoms with E-state index in [0.29, 0.717) is 0 Å². The Morgan fingerprint density at radius 2 is 1.85 bits per heavy atom. The van der Waals surface area contributed by atoms with Crippen molar-refractivity contribution >= 4 is 48.8 Å². The van der Waals surface area contributed by atoms with E-state index in [2.05, 4.69) is 22.2 Å². The molecular weight excluding hydrogens is 418 g/mol. The molecule has 1 aliphatic rings. The third-order valence-corrected chi connectivity index (χ3v) is 4.34. The number of nitrogens with one attached hydrogen (secondary N) is 1. The van der Waals surface area contributed by atoms with Gasteiger partial charge in [-0.15, -0.1) is 37.2 Å². The number of hydrogen-bond acceptors (Lipinski definition) is 5. The molecule has 0 saturated carbocycles. The smallest absolute Gasteiger partial charge is 0.239 e. The fraction of sp³-hybridized carbons (Fsp3) is 0.588. The number of piperazine rings is 1. The van der Waals surface area contributed by atoms with Crippen LogP contribution in [0.1, 0.15) is 18.5 Å². The lowest BCUT2D eigenvalue weighted by Gasteiger charge is -2.36. The highest BCUT2D eigenvalue weighted by molar-refractivity contribution is 5.86. The molecule has 0 bridgehead atoms. The van der Waals surface area contributed by atoms with Crippen LogP contribution >= 0.6 is 37.2 Å². The lowest BCUT2D eigenvalue weighted by atomic mass is 10.0. The summed E-state index contributed by atoms with van der Waals surface area (Å²) in [5, 5.41) is 2.85. The van der Waals surface area contributed by atoms with Crippen molar-refractivity contribution in [3.63, 3.8) is 0 Å². The Kier molecular flexibility index (Phi) is 14.0. The number of carbonyl (C=O) groups excluding carboxylic acids is 1. The quantitative estimate of drug-likeness (QED) is 0.698. The van der Waals surface area contributed by atoms with E-state index in [0.717, 1.165) is 37.4 Å². The van der Waals surface area contributed by atoms with Gasteiger partial charge in [-0.05, 0) is 32.2 Å².